The van der Waals surface area contributed by atoms with Crippen LogP contribution >= 0.6 is 11.6 Å². The monoisotopic (exact) mass is 281 g/mol. The van der Waals surface area contributed by atoms with E-state index in [4.69, 9.17) is 11.6 Å². The fourth-order valence-electron chi connectivity index (χ4n) is 1.75. The maximum Gasteiger partial charge on any atom is 0.263 e. The molecule has 1 nitrogen and oxygen atoms in total. The Morgan fingerprint density at radius 1 is 1.11 bits per heavy atom. The lowest BCUT2D eigenvalue weighted by Gasteiger charge is -2.10. The molecule has 0 aromatic heterocycles. The second kappa shape index (κ2) is 6.02. The van der Waals surface area contributed by atoms with Gasteiger partial charge in [0.2, 0.25) is 0 Å². The topological polar surface area (TPSA) is 12.0 Å². The van der Waals surface area contributed by atoms with Crippen LogP contribution in [0.5, 0.6) is 0 Å². The Hall–Kier alpha value is -1.61. The van der Waals surface area contributed by atoms with Crippen molar-refractivity contribution in [2.45, 2.75) is 19.9 Å². The molecule has 0 aliphatic heterocycles. The van der Waals surface area contributed by atoms with Gasteiger partial charge < -0.3 is 5.32 Å². The fraction of sp³-hybridized carbons (Fsp3) is 0.200. The molecule has 0 saturated heterocycles. The highest BCUT2D eigenvalue weighted by Crippen LogP contribution is 2.24. The first-order valence-corrected chi connectivity index (χ1v) is 6.31. The van der Waals surface area contributed by atoms with Gasteiger partial charge in [0.1, 0.15) is 0 Å². The molecule has 0 aliphatic carbocycles. The average Bonchev–Trinajstić information content (AvgIpc) is 2.40. The van der Waals surface area contributed by atoms with Crippen LogP contribution in [0.15, 0.2) is 42.5 Å². The number of halogens is 3. The summed E-state index contributed by atoms with van der Waals surface area (Å²) in [6.07, 6.45) is -2.42. The van der Waals surface area contributed by atoms with Crippen molar-refractivity contribution in [3.8, 4) is 0 Å². The largest absolute Gasteiger partial charge is 0.380 e. The van der Waals surface area contributed by atoms with Crippen molar-refractivity contribution in [2.75, 3.05) is 5.32 Å². The van der Waals surface area contributed by atoms with Crippen molar-refractivity contribution in [1.29, 1.82) is 0 Å². The number of hydrogen-bond donors (Lipinski definition) is 1. The lowest BCUT2D eigenvalue weighted by molar-refractivity contribution is 0.151. The molecule has 0 heterocycles. The Balaban J connectivity index is 2.04. The summed E-state index contributed by atoms with van der Waals surface area (Å²) >= 11 is 6.07. The van der Waals surface area contributed by atoms with E-state index in [1.807, 2.05) is 25.1 Å². The molecule has 0 amide bonds. The van der Waals surface area contributed by atoms with Crippen molar-refractivity contribution in [3.05, 3.63) is 64.2 Å². The van der Waals surface area contributed by atoms with Crippen LogP contribution in [0.4, 0.5) is 14.5 Å². The second-order valence-corrected chi connectivity index (χ2v) is 4.79. The Kier molecular flexibility index (Phi) is 4.38. The summed E-state index contributed by atoms with van der Waals surface area (Å²) in [7, 11) is 0. The van der Waals surface area contributed by atoms with Crippen LogP contribution < -0.4 is 5.32 Å². The molecule has 2 aromatic rings. The molecule has 0 unspecified atom stereocenters. The predicted octanol–water partition coefficient (Wildman–Crippen LogP) is 5.20. The third-order valence-electron chi connectivity index (χ3n) is 2.84. The van der Waals surface area contributed by atoms with Crippen LogP contribution in [0.2, 0.25) is 5.02 Å². The third kappa shape index (κ3) is 3.67. The van der Waals surface area contributed by atoms with E-state index in [-0.39, 0.29) is 5.56 Å². The fourth-order valence-corrected chi connectivity index (χ4v) is 1.94. The number of alkyl halides is 2. The third-order valence-corrected chi connectivity index (χ3v) is 3.17. The Morgan fingerprint density at radius 2 is 1.79 bits per heavy atom. The van der Waals surface area contributed by atoms with Crippen molar-refractivity contribution in [1.82, 2.24) is 0 Å². The van der Waals surface area contributed by atoms with E-state index in [9.17, 15) is 8.78 Å². The number of aryl methyl sites for hydroxylation is 1. The van der Waals surface area contributed by atoms with Crippen molar-refractivity contribution >= 4 is 17.3 Å². The maximum atomic E-state index is 12.4. The molecule has 19 heavy (non-hydrogen) atoms. The first-order chi connectivity index (χ1) is 9.06. The average molecular weight is 282 g/mol. The summed E-state index contributed by atoms with van der Waals surface area (Å²) in [6, 6.07) is 12.0. The zero-order valence-electron chi connectivity index (χ0n) is 10.5. The number of hydrogen-bond acceptors (Lipinski definition) is 1. The van der Waals surface area contributed by atoms with Crippen molar-refractivity contribution in [3.63, 3.8) is 0 Å². The van der Waals surface area contributed by atoms with Crippen LogP contribution in [0.3, 0.4) is 0 Å². The van der Waals surface area contributed by atoms with Crippen molar-refractivity contribution < 1.29 is 8.78 Å². The summed E-state index contributed by atoms with van der Waals surface area (Å²) in [4.78, 5) is 0. The van der Waals surface area contributed by atoms with Crippen LogP contribution in [-0.2, 0) is 6.54 Å². The number of anilines is 1. The van der Waals surface area contributed by atoms with E-state index in [2.05, 4.69) is 5.32 Å². The molecule has 0 saturated carbocycles. The lowest BCUT2D eigenvalue weighted by atomic mass is 10.1. The van der Waals surface area contributed by atoms with Crippen LogP contribution in [0.25, 0.3) is 0 Å². The van der Waals surface area contributed by atoms with E-state index in [0.29, 0.717) is 11.6 Å². The van der Waals surface area contributed by atoms with E-state index >= 15 is 0 Å². The minimum atomic E-state index is -2.42. The second-order valence-electron chi connectivity index (χ2n) is 4.38. The molecule has 0 atom stereocenters. The summed E-state index contributed by atoms with van der Waals surface area (Å²) in [5.74, 6) is 0. The minimum absolute atomic E-state index is 0.0392. The summed E-state index contributed by atoms with van der Waals surface area (Å²) in [6.45, 7) is 2.53. The molecule has 2 rings (SSSR count). The van der Waals surface area contributed by atoms with Gasteiger partial charge in [0.05, 0.1) is 10.7 Å². The summed E-state index contributed by atoms with van der Waals surface area (Å²) < 4.78 is 24.8. The van der Waals surface area contributed by atoms with Gasteiger partial charge in [0.25, 0.3) is 6.43 Å². The molecule has 0 spiro atoms. The van der Waals surface area contributed by atoms with Crippen molar-refractivity contribution in [2.24, 2.45) is 0 Å². The van der Waals surface area contributed by atoms with Gasteiger partial charge in [-0.25, -0.2) is 8.78 Å². The van der Waals surface area contributed by atoms with Gasteiger partial charge in [-0.05, 0) is 30.2 Å². The van der Waals surface area contributed by atoms with E-state index in [0.717, 1.165) is 16.8 Å². The maximum absolute atomic E-state index is 12.4. The van der Waals surface area contributed by atoms with Gasteiger partial charge in [-0.2, -0.15) is 0 Å². The van der Waals surface area contributed by atoms with Crippen LogP contribution in [-0.4, -0.2) is 0 Å². The summed E-state index contributed by atoms with van der Waals surface area (Å²) in [5, 5.41) is 3.85. The Bertz CT molecular complexity index is 553. The molecule has 1 N–H and O–H groups in total. The zero-order chi connectivity index (χ0) is 13.8. The molecule has 0 fully saturated rings. The molecule has 0 aliphatic rings. The first-order valence-electron chi connectivity index (χ1n) is 5.93. The van der Waals surface area contributed by atoms with E-state index < -0.39 is 6.43 Å². The van der Waals surface area contributed by atoms with E-state index in [1.54, 1.807) is 12.1 Å². The van der Waals surface area contributed by atoms with Gasteiger partial charge in [-0.3, -0.25) is 0 Å². The zero-order valence-corrected chi connectivity index (χ0v) is 11.2. The van der Waals surface area contributed by atoms with E-state index in [1.165, 1.54) is 12.1 Å². The highest BCUT2D eigenvalue weighted by Gasteiger charge is 2.06. The number of nitrogens with one attached hydrogen (secondary N) is 1. The quantitative estimate of drug-likeness (QED) is 0.812. The normalized spacial score (nSPS) is 10.8. The molecular weight excluding hydrogens is 268 g/mol. The Morgan fingerprint density at radius 3 is 2.42 bits per heavy atom. The molecule has 0 radical (unpaired) electrons. The molecule has 0 bridgehead atoms. The molecule has 2 aromatic carbocycles. The van der Waals surface area contributed by atoms with Gasteiger partial charge in [0, 0.05) is 12.1 Å². The van der Waals surface area contributed by atoms with Gasteiger partial charge in [-0.15, -0.1) is 0 Å². The highest BCUT2D eigenvalue weighted by atomic mass is 35.5. The highest BCUT2D eigenvalue weighted by molar-refractivity contribution is 6.33. The van der Waals surface area contributed by atoms with Gasteiger partial charge in [0.15, 0.2) is 0 Å². The lowest BCUT2D eigenvalue weighted by Crippen LogP contribution is -2.00. The number of rotatable bonds is 4. The number of benzene rings is 2. The first kappa shape index (κ1) is 13.8. The standard InChI is InChI=1S/C15H14ClF2N/c1-10-2-7-13(16)14(8-10)19-9-11-3-5-12(6-4-11)15(17)18/h2-8,15,19H,9H2,1H3. The van der Waals surface area contributed by atoms with Gasteiger partial charge in [-0.1, -0.05) is 41.9 Å². The minimum Gasteiger partial charge on any atom is -0.380 e. The Labute approximate surface area is 116 Å². The van der Waals surface area contributed by atoms with Crippen LogP contribution in [0.1, 0.15) is 23.1 Å². The predicted molar refractivity (Wildman–Crippen MR) is 74.9 cm³/mol. The molecular formula is C15H14ClF2N. The SMILES string of the molecule is Cc1ccc(Cl)c(NCc2ccc(C(F)F)cc2)c1. The van der Waals surface area contributed by atoms with Crippen LogP contribution in [0, 0.1) is 6.92 Å². The smallest absolute Gasteiger partial charge is 0.263 e. The molecule has 4 heteroatoms. The summed E-state index contributed by atoms with van der Waals surface area (Å²) in [5.41, 5.74) is 2.93. The van der Waals surface area contributed by atoms with Gasteiger partial charge >= 0.3 is 0 Å². The molecule has 100 valence electrons.